The van der Waals surface area contributed by atoms with Crippen LogP contribution in [0.15, 0.2) is 66.7 Å². The second-order valence-electron chi connectivity index (χ2n) is 8.51. The smallest absolute Gasteiger partial charge is 0.261 e. The van der Waals surface area contributed by atoms with Crippen molar-refractivity contribution >= 4 is 34.4 Å². The number of nitrogens with one attached hydrogen (secondary N) is 2. The molecule has 3 amide bonds. The van der Waals surface area contributed by atoms with Crippen LogP contribution in [0, 0.1) is 5.92 Å². The molecule has 164 valence electrons. The number of H-pyrrole nitrogens is 1. The maximum atomic E-state index is 12.8. The van der Waals surface area contributed by atoms with Crippen molar-refractivity contribution in [2.24, 2.45) is 5.92 Å². The Kier molecular flexibility index (Phi) is 5.01. The summed E-state index contributed by atoms with van der Waals surface area (Å²) in [7, 11) is 0. The second-order valence-corrected chi connectivity index (χ2v) is 8.51. The largest absolute Gasteiger partial charge is 0.338 e. The zero-order chi connectivity index (χ0) is 23.1. The van der Waals surface area contributed by atoms with Crippen LogP contribution in [-0.4, -0.2) is 39.1 Å². The fourth-order valence-corrected chi connectivity index (χ4v) is 3.97. The number of imidazole rings is 1. The van der Waals surface area contributed by atoms with E-state index in [1.807, 2.05) is 50.2 Å². The van der Waals surface area contributed by atoms with Gasteiger partial charge in [0.1, 0.15) is 5.82 Å². The molecule has 1 aromatic heterocycles. The van der Waals surface area contributed by atoms with Gasteiger partial charge in [-0.1, -0.05) is 26.0 Å². The van der Waals surface area contributed by atoms with E-state index in [1.165, 1.54) is 11.0 Å². The fourth-order valence-electron chi connectivity index (χ4n) is 3.97. The van der Waals surface area contributed by atoms with E-state index in [9.17, 15) is 14.4 Å². The summed E-state index contributed by atoms with van der Waals surface area (Å²) >= 11 is 0. The molecule has 0 unspecified atom stereocenters. The van der Waals surface area contributed by atoms with Crippen molar-refractivity contribution < 1.29 is 14.4 Å². The first kappa shape index (κ1) is 20.6. The van der Waals surface area contributed by atoms with E-state index < -0.39 is 0 Å². The number of imide groups is 1. The maximum absolute atomic E-state index is 12.8. The number of carbonyl (C=O) groups excluding carboxylic acids is 3. The topological polar surface area (TPSA) is 95.2 Å². The standard InChI is InChI=1S/C26H22N4O3/c1-15(2)14-30-25(32)19-12-9-17(13-20(19)26(30)33)24(31)27-18-10-7-16(8-11-18)23-28-21-5-3-4-6-22(21)29-23/h3-13,15H,14H2,1-2H3,(H,27,31)(H,28,29). The van der Waals surface area contributed by atoms with Gasteiger partial charge < -0.3 is 10.3 Å². The van der Waals surface area contributed by atoms with E-state index in [0.29, 0.717) is 23.4 Å². The fraction of sp³-hybridized carbons (Fsp3) is 0.154. The third-order valence-electron chi connectivity index (χ3n) is 5.59. The zero-order valence-corrected chi connectivity index (χ0v) is 18.3. The Hall–Kier alpha value is -4.26. The first-order valence-electron chi connectivity index (χ1n) is 10.8. The lowest BCUT2D eigenvalue weighted by atomic mass is 10.1. The van der Waals surface area contributed by atoms with Gasteiger partial charge in [0.15, 0.2) is 0 Å². The molecule has 0 saturated carbocycles. The lowest BCUT2D eigenvalue weighted by Crippen LogP contribution is -2.33. The molecule has 5 rings (SSSR count). The second kappa shape index (κ2) is 8.02. The minimum atomic E-state index is -0.353. The van der Waals surface area contributed by atoms with Crippen LogP contribution in [0.5, 0.6) is 0 Å². The van der Waals surface area contributed by atoms with Gasteiger partial charge in [0, 0.05) is 23.4 Å². The number of aromatic nitrogens is 2. The molecule has 0 radical (unpaired) electrons. The highest BCUT2D eigenvalue weighted by atomic mass is 16.2. The molecule has 0 spiro atoms. The number of anilines is 1. The molecule has 2 N–H and O–H groups in total. The molecule has 3 aromatic carbocycles. The van der Waals surface area contributed by atoms with Gasteiger partial charge >= 0.3 is 0 Å². The summed E-state index contributed by atoms with van der Waals surface area (Å²) in [6.07, 6.45) is 0. The number of fused-ring (bicyclic) bond motifs is 2. The van der Waals surface area contributed by atoms with Crippen LogP contribution < -0.4 is 5.32 Å². The molecule has 0 aliphatic carbocycles. The molecular weight excluding hydrogens is 416 g/mol. The lowest BCUT2D eigenvalue weighted by molar-refractivity contribution is 0.0636. The average molecular weight is 438 g/mol. The van der Waals surface area contributed by atoms with Crippen molar-refractivity contribution in [1.29, 1.82) is 0 Å². The van der Waals surface area contributed by atoms with E-state index in [-0.39, 0.29) is 29.2 Å². The van der Waals surface area contributed by atoms with E-state index in [2.05, 4.69) is 15.3 Å². The number of nitrogens with zero attached hydrogens (tertiary/aromatic N) is 2. The van der Waals surface area contributed by atoms with E-state index >= 15 is 0 Å². The molecule has 1 aliphatic heterocycles. The third kappa shape index (κ3) is 3.78. The number of hydrogen-bond donors (Lipinski definition) is 2. The average Bonchev–Trinajstić information content (AvgIpc) is 3.34. The molecule has 0 saturated heterocycles. The normalized spacial score (nSPS) is 13.1. The van der Waals surface area contributed by atoms with E-state index in [1.54, 1.807) is 24.3 Å². The van der Waals surface area contributed by atoms with Crippen molar-refractivity contribution in [3.63, 3.8) is 0 Å². The van der Waals surface area contributed by atoms with Gasteiger partial charge in [0.25, 0.3) is 17.7 Å². The van der Waals surface area contributed by atoms with Crippen molar-refractivity contribution in [2.75, 3.05) is 11.9 Å². The number of benzene rings is 3. The van der Waals surface area contributed by atoms with Crippen molar-refractivity contribution in [2.45, 2.75) is 13.8 Å². The van der Waals surface area contributed by atoms with Gasteiger partial charge in [-0.15, -0.1) is 0 Å². The molecule has 33 heavy (non-hydrogen) atoms. The highest BCUT2D eigenvalue weighted by molar-refractivity contribution is 6.22. The van der Waals surface area contributed by atoms with Crippen LogP contribution in [-0.2, 0) is 0 Å². The zero-order valence-electron chi connectivity index (χ0n) is 18.3. The predicted octanol–water partition coefficient (Wildman–Crippen LogP) is 4.73. The van der Waals surface area contributed by atoms with Crippen molar-refractivity contribution in [3.8, 4) is 11.4 Å². The maximum Gasteiger partial charge on any atom is 0.261 e. The summed E-state index contributed by atoms with van der Waals surface area (Å²) in [5.41, 5.74) is 4.30. The van der Waals surface area contributed by atoms with Crippen LogP contribution in [0.1, 0.15) is 44.9 Å². The summed E-state index contributed by atoms with van der Waals surface area (Å²) in [4.78, 5) is 47.1. The minimum Gasteiger partial charge on any atom is -0.338 e. The third-order valence-corrected chi connectivity index (χ3v) is 5.59. The van der Waals surface area contributed by atoms with Crippen LogP contribution in [0.25, 0.3) is 22.4 Å². The first-order valence-corrected chi connectivity index (χ1v) is 10.8. The Bertz CT molecular complexity index is 1370. The number of carbonyl (C=O) groups is 3. The molecule has 0 bridgehead atoms. The molecule has 7 nitrogen and oxygen atoms in total. The van der Waals surface area contributed by atoms with Gasteiger partial charge in [-0.2, -0.15) is 0 Å². The first-order chi connectivity index (χ1) is 15.9. The Labute approximate surface area is 190 Å². The van der Waals surface area contributed by atoms with Crippen LogP contribution in [0.2, 0.25) is 0 Å². The summed E-state index contributed by atoms with van der Waals surface area (Å²) in [5.74, 6) is -0.0958. The van der Waals surface area contributed by atoms with Gasteiger partial charge in [0.05, 0.1) is 22.2 Å². The van der Waals surface area contributed by atoms with E-state index in [0.717, 1.165) is 22.4 Å². The Morgan fingerprint density at radius 1 is 0.970 bits per heavy atom. The SMILES string of the molecule is CC(C)CN1C(=O)c2ccc(C(=O)Nc3ccc(-c4nc5ccccc5[nH]4)cc3)cc2C1=O. The Morgan fingerprint density at radius 3 is 2.42 bits per heavy atom. The molecule has 1 aliphatic rings. The highest BCUT2D eigenvalue weighted by Gasteiger charge is 2.36. The predicted molar refractivity (Wildman–Crippen MR) is 126 cm³/mol. The molecule has 4 aromatic rings. The summed E-state index contributed by atoms with van der Waals surface area (Å²) in [5, 5.41) is 2.84. The monoisotopic (exact) mass is 438 g/mol. The van der Waals surface area contributed by atoms with Gasteiger partial charge in [-0.05, 0) is 60.5 Å². The number of hydrogen-bond acceptors (Lipinski definition) is 4. The molecular formula is C26H22N4O3. The van der Waals surface area contributed by atoms with Crippen LogP contribution in [0.4, 0.5) is 5.69 Å². The number of rotatable bonds is 5. The molecule has 0 atom stereocenters. The summed E-state index contributed by atoms with van der Waals surface area (Å²) in [6, 6.07) is 19.8. The highest BCUT2D eigenvalue weighted by Crippen LogP contribution is 2.26. The number of para-hydroxylation sites is 2. The van der Waals surface area contributed by atoms with Crippen molar-refractivity contribution in [3.05, 3.63) is 83.4 Å². The Balaban J connectivity index is 1.33. The summed E-state index contributed by atoms with van der Waals surface area (Å²) in [6.45, 7) is 4.25. The molecule has 2 heterocycles. The van der Waals surface area contributed by atoms with Gasteiger partial charge in [-0.25, -0.2) is 4.98 Å². The molecule has 7 heteroatoms. The van der Waals surface area contributed by atoms with Crippen LogP contribution >= 0.6 is 0 Å². The quantitative estimate of drug-likeness (QED) is 0.440. The van der Waals surface area contributed by atoms with Crippen molar-refractivity contribution in [1.82, 2.24) is 14.9 Å². The number of amides is 3. The van der Waals surface area contributed by atoms with Crippen LogP contribution in [0.3, 0.4) is 0 Å². The van der Waals surface area contributed by atoms with Gasteiger partial charge in [0.2, 0.25) is 0 Å². The van der Waals surface area contributed by atoms with Gasteiger partial charge in [-0.3, -0.25) is 19.3 Å². The lowest BCUT2D eigenvalue weighted by Gasteiger charge is -2.15. The van der Waals surface area contributed by atoms with E-state index in [4.69, 9.17) is 0 Å². The molecule has 0 fully saturated rings. The minimum absolute atomic E-state index is 0.164. The summed E-state index contributed by atoms with van der Waals surface area (Å²) < 4.78 is 0. The Morgan fingerprint density at radius 2 is 1.70 bits per heavy atom. The number of aromatic amines is 1.